The Hall–Kier alpha value is -2.46. The van der Waals surface area contributed by atoms with E-state index in [9.17, 15) is 0 Å². The quantitative estimate of drug-likeness (QED) is 0.107. The van der Waals surface area contributed by atoms with Crippen LogP contribution in [-0.2, 0) is 6.54 Å². The molecule has 6 nitrogen and oxygen atoms in total. The van der Waals surface area contributed by atoms with E-state index in [0.717, 1.165) is 98.2 Å². The summed E-state index contributed by atoms with van der Waals surface area (Å²) in [6.45, 7) is 19.4. The molecule has 60 heavy (non-hydrogen) atoms. The summed E-state index contributed by atoms with van der Waals surface area (Å²) in [5, 5.41) is 8.46. The zero-order chi connectivity index (χ0) is 43.7. The van der Waals surface area contributed by atoms with Gasteiger partial charge in [-0.25, -0.2) is 0 Å². The number of nitrogens with zero attached hydrogens (tertiary/aromatic N) is 4. The van der Waals surface area contributed by atoms with Gasteiger partial charge in [-0.1, -0.05) is 144 Å². The number of alkyl halides is 2. The highest BCUT2D eigenvalue weighted by Gasteiger charge is 2.30. The van der Waals surface area contributed by atoms with Gasteiger partial charge in [-0.3, -0.25) is 9.97 Å². The summed E-state index contributed by atoms with van der Waals surface area (Å²) in [6, 6.07) is 16.8. The molecule has 0 radical (unpaired) electrons. The van der Waals surface area contributed by atoms with Crippen LogP contribution in [0.2, 0.25) is 20.1 Å². The molecule has 0 saturated carbocycles. The second-order valence-corrected chi connectivity index (χ2v) is 19.0. The minimum atomic E-state index is 0.469. The molecule has 0 bridgehead atoms. The van der Waals surface area contributed by atoms with E-state index < -0.39 is 0 Å². The first-order valence-corrected chi connectivity index (χ1v) is 25.1. The van der Waals surface area contributed by atoms with Crippen molar-refractivity contribution in [1.29, 1.82) is 0 Å². The number of H-pyrrole nitrogens is 1. The fraction of sp³-hybridized carbons (Fsp3) is 0.458. The molecule has 0 atom stereocenters. The molecular formula is C48H60Br2Cl4N6. The van der Waals surface area contributed by atoms with Crippen molar-refractivity contribution >= 4 is 112 Å². The Morgan fingerprint density at radius 2 is 1.22 bits per heavy atom. The molecule has 2 aromatic carbocycles. The van der Waals surface area contributed by atoms with Gasteiger partial charge in [-0.15, -0.1) is 0 Å². The molecule has 0 amide bonds. The number of benzene rings is 2. The molecule has 0 fully saturated rings. The number of fused-ring (bicyclic) bond motifs is 1. The Bertz CT molecular complexity index is 2360. The van der Waals surface area contributed by atoms with E-state index in [1.807, 2.05) is 37.3 Å². The predicted octanol–water partition coefficient (Wildman–Crippen LogP) is 16.7. The van der Waals surface area contributed by atoms with Crippen LogP contribution >= 0.6 is 78.3 Å². The average molecular weight is 1020 g/mol. The Kier molecular flexibility index (Phi) is 18.4. The zero-order valence-electron chi connectivity index (χ0n) is 36.3. The Morgan fingerprint density at radius 3 is 1.75 bits per heavy atom. The zero-order valence-corrected chi connectivity index (χ0v) is 42.5. The van der Waals surface area contributed by atoms with Crippen LogP contribution in [0.4, 0.5) is 11.4 Å². The molecule has 7 rings (SSSR count). The van der Waals surface area contributed by atoms with E-state index in [4.69, 9.17) is 56.4 Å². The third kappa shape index (κ3) is 11.2. The summed E-state index contributed by atoms with van der Waals surface area (Å²) < 4.78 is 2.43. The van der Waals surface area contributed by atoms with Gasteiger partial charge >= 0.3 is 0 Å². The van der Waals surface area contributed by atoms with Crippen molar-refractivity contribution in [1.82, 2.24) is 19.5 Å². The summed E-state index contributed by atoms with van der Waals surface area (Å²) in [5.41, 5.74) is 15.2. The highest BCUT2D eigenvalue weighted by Crippen LogP contribution is 2.44. The summed E-state index contributed by atoms with van der Waals surface area (Å²) in [7, 11) is 0. The molecule has 0 spiro atoms. The number of hydrogen-bond acceptors (Lipinski definition) is 4. The normalized spacial score (nSPS) is 12.3. The third-order valence-electron chi connectivity index (χ3n) is 11.1. The summed E-state index contributed by atoms with van der Waals surface area (Å²) in [5.74, 6) is 0. The minimum Gasteiger partial charge on any atom is -0.381 e. The van der Waals surface area contributed by atoms with Gasteiger partial charge in [-0.05, 0) is 89.8 Å². The number of pyridine rings is 2. The van der Waals surface area contributed by atoms with E-state index in [-0.39, 0.29) is 0 Å². The van der Waals surface area contributed by atoms with Crippen LogP contribution in [0.15, 0.2) is 48.5 Å². The van der Waals surface area contributed by atoms with Crippen molar-refractivity contribution in [3.63, 3.8) is 0 Å². The molecule has 2 N–H and O–H groups in total. The lowest BCUT2D eigenvalue weighted by Crippen LogP contribution is -2.40. The van der Waals surface area contributed by atoms with Crippen molar-refractivity contribution in [2.45, 2.75) is 125 Å². The first-order valence-electron chi connectivity index (χ1n) is 21.4. The Labute approximate surface area is 394 Å². The van der Waals surface area contributed by atoms with Crippen LogP contribution in [0.1, 0.15) is 102 Å². The number of aryl methyl sites for hydroxylation is 3. The van der Waals surface area contributed by atoms with E-state index in [1.54, 1.807) is 6.07 Å². The van der Waals surface area contributed by atoms with Gasteiger partial charge in [-0.2, -0.15) is 0 Å². The monoisotopic (exact) mass is 1020 g/mol. The molecule has 0 unspecified atom stereocenters. The standard InChI is InChI=1S/C24H29Cl2N3.C22H27Cl2N3.C2H4Br2/c1-5-7-18(8-6-2)29-12-11-28-16(4)22(19-10-9-17(25)14-20(19)26)23-24(28)21(29)13-15(3)27-23;1-5-7-16(8-6-2)27-19-11-13(3)25-22-20(14(4)26-21(19)22)17-10-9-15(23)12-18(17)24;3-1-2-4/h9-10,13-14,18H,5-8,11-12H2,1-4H3;9-12,16,26H,5-8H2,1-4H3,(H,25,27);1-2H2. The van der Waals surface area contributed by atoms with Crippen molar-refractivity contribution in [3.8, 4) is 22.3 Å². The second kappa shape index (κ2) is 22.8. The Balaban J connectivity index is 0.000000210. The second-order valence-electron chi connectivity index (χ2n) is 15.7. The van der Waals surface area contributed by atoms with E-state index in [2.05, 4.69) is 112 Å². The molecule has 4 aromatic heterocycles. The topological polar surface area (TPSA) is 61.8 Å². The molecule has 5 heterocycles. The number of hydrogen-bond donors (Lipinski definition) is 2. The van der Waals surface area contributed by atoms with Gasteiger partial charge in [0.2, 0.25) is 0 Å². The van der Waals surface area contributed by atoms with Crippen molar-refractivity contribution in [3.05, 3.63) is 91.4 Å². The van der Waals surface area contributed by atoms with Gasteiger partial charge in [0.05, 0.1) is 43.5 Å². The van der Waals surface area contributed by atoms with Crippen LogP contribution in [-0.4, -0.2) is 48.8 Å². The van der Waals surface area contributed by atoms with Crippen LogP contribution in [0.3, 0.4) is 0 Å². The van der Waals surface area contributed by atoms with Gasteiger partial charge in [0.15, 0.2) is 0 Å². The molecular weight excluding hydrogens is 962 g/mol. The highest BCUT2D eigenvalue weighted by molar-refractivity contribution is 9.11. The molecule has 0 aliphatic carbocycles. The average Bonchev–Trinajstić information content (AvgIpc) is 3.68. The molecule has 0 saturated heterocycles. The molecule has 1 aliphatic rings. The summed E-state index contributed by atoms with van der Waals surface area (Å²) in [4.78, 5) is 16.0. The summed E-state index contributed by atoms with van der Waals surface area (Å²) >= 11 is 31.8. The lowest BCUT2D eigenvalue weighted by molar-refractivity contribution is 0.482. The van der Waals surface area contributed by atoms with Crippen LogP contribution in [0.5, 0.6) is 0 Å². The molecule has 12 heteroatoms. The van der Waals surface area contributed by atoms with Crippen LogP contribution in [0.25, 0.3) is 44.3 Å². The van der Waals surface area contributed by atoms with E-state index >= 15 is 0 Å². The minimum absolute atomic E-state index is 0.469. The highest BCUT2D eigenvalue weighted by atomic mass is 79.9. The number of rotatable bonds is 14. The van der Waals surface area contributed by atoms with Crippen molar-refractivity contribution in [2.24, 2.45) is 0 Å². The first-order chi connectivity index (χ1) is 28.8. The lowest BCUT2D eigenvalue weighted by Gasteiger charge is -2.38. The number of aromatic nitrogens is 4. The number of halogens is 6. The molecule has 324 valence electrons. The molecule has 1 aliphatic heterocycles. The summed E-state index contributed by atoms with van der Waals surface area (Å²) in [6.07, 6.45) is 9.53. The number of nitrogens with one attached hydrogen (secondary N) is 2. The van der Waals surface area contributed by atoms with Crippen LogP contribution < -0.4 is 10.2 Å². The maximum absolute atomic E-state index is 6.61. The fourth-order valence-electron chi connectivity index (χ4n) is 8.66. The largest absolute Gasteiger partial charge is 0.381 e. The van der Waals surface area contributed by atoms with Gasteiger partial charge in [0.25, 0.3) is 0 Å². The van der Waals surface area contributed by atoms with E-state index in [0.29, 0.717) is 32.2 Å². The van der Waals surface area contributed by atoms with Crippen LogP contribution in [0, 0.1) is 27.7 Å². The van der Waals surface area contributed by atoms with Gasteiger partial charge in [0, 0.05) is 90.9 Å². The van der Waals surface area contributed by atoms with E-state index in [1.165, 1.54) is 55.4 Å². The van der Waals surface area contributed by atoms with Crippen molar-refractivity contribution < 1.29 is 0 Å². The Morgan fingerprint density at radius 1 is 0.683 bits per heavy atom. The fourth-order valence-corrected chi connectivity index (χ4v) is 9.66. The molecule has 6 aromatic rings. The maximum Gasteiger partial charge on any atom is 0.0987 e. The first kappa shape index (κ1) is 48.6. The predicted molar refractivity (Wildman–Crippen MR) is 271 cm³/mol. The smallest absolute Gasteiger partial charge is 0.0987 e. The van der Waals surface area contributed by atoms with Gasteiger partial charge < -0.3 is 19.8 Å². The number of anilines is 2. The lowest BCUT2D eigenvalue weighted by atomic mass is 10.0. The third-order valence-corrected chi connectivity index (χ3v) is 14.1. The SMILES string of the molecule is BrCCBr.CCCC(CCC)N1CCn2c(C)c(-c3ccc(Cl)cc3Cl)c3nc(C)cc1c32.CCCC(CCC)Nc1cc(C)nc2c(-c3ccc(Cl)cc3Cl)c(C)[nH]c12. The number of aromatic amines is 1. The van der Waals surface area contributed by atoms with Gasteiger partial charge in [0.1, 0.15) is 0 Å². The van der Waals surface area contributed by atoms with Crippen molar-refractivity contribution in [2.75, 3.05) is 27.4 Å². The maximum atomic E-state index is 6.61.